The number of imide groups is 1. The molecule has 7 heteroatoms. The zero-order valence-electron chi connectivity index (χ0n) is 19.8. The van der Waals surface area contributed by atoms with Crippen molar-refractivity contribution < 1.29 is 14.0 Å². The third-order valence-corrected chi connectivity index (χ3v) is 7.02. The van der Waals surface area contributed by atoms with Crippen LogP contribution in [0.3, 0.4) is 0 Å². The van der Waals surface area contributed by atoms with Crippen molar-refractivity contribution in [2.45, 2.75) is 31.3 Å². The van der Waals surface area contributed by atoms with Crippen LogP contribution in [0.15, 0.2) is 83.7 Å². The Labute approximate surface area is 205 Å². The number of piperidine rings is 1. The van der Waals surface area contributed by atoms with E-state index in [2.05, 4.69) is 28.1 Å². The third kappa shape index (κ3) is 4.91. The maximum Gasteiger partial charge on any atom is 0.328 e. The second-order valence-electron chi connectivity index (χ2n) is 9.17. The summed E-state index contributed by atoms with van der Waals surface area (Å²) in [5, 5.41) is 0. The largest absolute Gasteiger partial charge is 0.465 e. The van der Waals surface area contributed by atoms with Crippen molar-refractivity contribution in [3.05, 3.63) is 96.2 Å². The number of carbonyl (C=O) groups excluding carboxylic acids is 2. The van der Waals surface area contributed by atoms with Gasteiger partial charge >= 0.3 is 6.03 Å². The number of pyridine rings is 1. The Bertz CT molecular complexity index is 1150. The van der Waals surface area contributed by atoms with Crippen LogP contribution in [0.4, 0.5) is 4.79 Å². The van der Waals surface area contributed by atoms with Crippen molar-refractivity contribution in [3.63, 3.8) is 0 Å². The van der Waals surface area contributed by atoms with Crippen molar-refractivity contribution in [3.8, 4) is 0 Å². The summed E-state index contributed by atoms with van der Waals surface area (Å²) in [7, 11) is 0. The Morgan fingerprint density at radius 1 is 0.971 bits per heavy atom. The van der Waals surface area contributed by atoms with E-state index in [9.17, 15) is 9.59 Å². The molecular formula is C28H30N4O3. The van der Waals surface area contributed by atoms with E-state index in [4.69, 9.17) is 4.42 Å². The average Bonchev–Trinajstić information content (AvgIpc) is 3.48. The molecule has 7 nitrogen and oxygen atoms in total. The molecule has 4 heterocycles. The second kappa shape index (κ2) is 10.3. The van der Waals surface area contributed by atoms with E-state index >= 15 is 0 Å². The van der Waals surface area contributed by atoms with Gasteiger partial charge in [0.2, 0.25) is 0 Å². The lowest BCUT2D eigenvalue weighted by molar-refractivity contribution is -0.136. The molecule has 0 aliphatic carbocycles. The van der Waals surface area contributed by atoms with Gasteiger partial charge in [0.05, 0.1) is 12.8 Å². The number of hydrogen-bond acceptors (Lipinski definition) is 5. The van der Waals surface area contributed by atoms with E-state index in [0.29, 0.717) is 19.4 Å². The van der Waals surface area contributed by atoms with Gasteiger partial charge in [-0.2, -0.15) is 0 Å². The number of hydrogen-bond donors (Lipinski definition) is 0. The molecule has 35 heavy (non-hydrogen) atoms. The summed E-state index contributed by atoms with van der Waals surface area (Å²) in [5.74, 6) is 0.748. The molecule has 0 atom stereocenters. The minimum absolute atomic E-state index is 0.0785. The van der Waals surface area contributed by atoms with Gasteiger partial charge in [0.1, 0.15) is 11.3 Å². The standard InChI is InChI=1S/C28H30N4O3/c33-26-28(13-18-30(19-14-28)16-5-10-25-11-6-20-35-25)32(17-12-23-7-2-1-3-8-23)27(34)31(26)22-24-9-4-15-29-21-24/h1-11,15,20-21H,12-14,16-19,22H2. The molecule has 2 aliphatic heterocycles. The van der Waals surface area contributed by atoms with Crippen molar-refractivity contribution in [1.29, 1.82) is 0 Å². The Morgan fingerprint density at radius 3 is 2.49 bits per heavy atom. The minimum Gasteiger partial charge on any atom is -0.465 e. The van der Waals surface area contributed by atoms with Gasteiger partial charge in [-0.3, -0.25) is 19.6 Å². The zero-order chi connectivity index (χ0) is 24.1. The molecule has 0 saturated carbocycles. The van der Waals surface area contributed by atoms with Gasteiger partial charge in [-0.15, -0.1) is 0 Å². The molecule has 2 saturated heterocycles. The minimum atomic E-state index is -0.782. The predicted molar refractivity (Wildman–Crippen MR) is 133 cm³/mol. The molecule has 0 N–H and O–H groups in total. The fourth-order valence-electron chi connectivity index (χ4n) is 5.08. The Balaban J connectivity index is 1.31. The lowest BCUT2D eigenvalue weighted by atomic mass is 9.85. The maximum atomic E-state index is 13.8. The SMILES string of the molecule is O=C1N(Cc2cccnc2)C(=O)C2(CCN(CC=Cc3ccco3)CC2)N1CCc1ccccc1. The summed E-state index contributed by atoms with van der Waals surface area (Å²) in [6, 6.07) is 17.5. The number of nitrogens with zero attached hydrogens (tertiary/aromatic N) is 4. The van der Waals surface area contributed by atoms with E-state index in [-0.39, 0.29) is 18.5 Å². The number of likely N-dealkylation sites (tertiary alicyclic amines) is 1. The molecule has 2 fully saturated rings. The van der Waals surface area contributed by atoms with Gasteiger partial charge in [-0.05, 0) is 54.7 Å². The molecule has 2 aliphatic rings. The van der Waals surface area contributed by atoms with Crippen molar-refractivity contribution >= 4 is 18.0 Å². The van der Waals surface area contributed by atoms with E-state index in [1.807, 2.05) is 53.4 Å². The first-order valence-electron chi connectivity index (χ1n) is 12.1. The van der Waals surface area contributed by atoms with Gasteiger partial charge in [0, 0.05) is 38.6 Å². The normalized spacial score (nSPS) is 18.3. The second-order valence-corrected chi connectivity index (χ2v) is 9.17. The zero-order valence-corrected chi connectivity index (χ0v) is 19.8. The van der Waals surface area contributed by atoms with Gasteiger partial charge in [0.25, 0.3) is 5.91 Å². The van der Waals surface area contributed by atoms with E-state index < -0.39 is 5.54 Å². The highest BCUT2D eigenvalue weighted by atomic mass is 16.3. The highest BCUT2D eigenvalue weighted by molar-refractivity contribution is 6.07. The number of urea groups is 1. The number of furan rings is 1. The van der Waals surface area contributed by atoms with Crippen LogP contribution in [0.25, 0.3) is 6.08 Å². The summed E-state index contributed by atoms with van der Waals surface area (Å²) in [6.45, 7) is 3.07. The summed E-state index contributed by atoms with van der Waals surface area (Å²) < 4.78 is 5.36. The molecule has 1 aromatic carbocycles. The van der Waals surface area contributed by atoms with Crippen LogP contribution in [-0.2, 0) is 17.8 Å². The topological polar surface area (TPSA) is 69.9 Å². The molecule has 3 aromatic rings. The fraction of sp³-hybridized carbons (Fsp3) is 0.321. The number of benzene rings is 1. The molecule has 0 bridgehead atoms. The number of rotatable bonds is 8. The number of carbonyl (C=O) groups is 2. The smallest absolute Gasteiger partial charge is 0.328 e. The van der Waals surface area contributed by atoms with E-state index in [0.717, 1.165) is 42.9 Å². The van der Waals surface area contributed by atoms with Crippen LogP contribution in [0.1, 0.15) is 29.7 Å². The molecule has 5 rings (SSSR count). The van der Waals surface area contributed by atoms with Gasteiger partial charge < -0.3 is 9.32 Å². The molecule has 3 amide bonds. The molecular weight excluding hydrogens is 440 g/mol. The van der Waals surface area contributed by atoms with Crippen LogP contribution in [0.5, 0.6) is 0 Å². The van der Waals surface area contributed by atoms with Crippen molar-refractivity contribution in [1.82, 2.24) is 19.7 Å². The summed E-state index contributed by atoms with van der Waals surface area (Å²) in [5.41, 5.74) is 1.24. The first-order chi connectivity index (χ1) is 17.2. The van der Waals surface area contributed by atoms with Crippen LogP contribution >= 0.6 is 0 Å². The highest BCUT2D eigenvalue weighted by Crippen LogP contribution is 2.38. The van der Waals surface area contributed by atoms with Gasteiger partial charge in [0.15, 0.2) is 0 Å². The van der Waals surface area contributed by atoms with E-state index in [1.54, 1.807) is 18.7 Å². The number of amides is 3. The van der Waals surface area contributed by atoms with Crippen LogP contribution in [0.2, 0.25) is 0 Å². The third-order valence-electron chi connectivity index (χ3n) is 7.02. The van der Waals surface area contributed by atoms with Gasteiger partial charge in [-0.25, -0.2) is 4.79 Å². The quantitative estimate of drug-likeness (QED) is 0.461. The molecule has 180 valence electrons. The lowest BCUT2D eigenvalue weighted by Crippen LogP contribution is -2.57. The van der Waals surface area contributed by atoms with E-state index in [1.165, 1.54) is 4.90 Å². The number of aromatic nitrogens is 1. The van der Waals surface area contributed by atoms with Crippen LogP contribution in [-0.4, -0.2) is 63.3 Å². The highest BCUT2D eigenvalue weighted by Gasteiger charge is 2.57. The molecule has 1 spiro atoms. The molecule has 0 radical (unpaired) electrons. The first kappa shape index (κ1) is 23.1. The first-order valence-corrected chi connectivity index (χ1v) is 12.1. The summed E-state index contributed by atoms with van der Waals surface area (Å²) >= 11 is 0. The maximum absolute atomic E-state index is 13.8. The predicted octanol–water partition coefficient (Wildman–Crippen LogP) is 4.23. The van der Waals surface area contributed by atoms with Crippen molar-refractivity contribution in [2.24, 2.45) is 0 Å². The monoisotopic (exact) mass is 470 g/mol. The summed E-state index contributed by atoms with van der Waals surface area (Å²) in [4.78, 5) is 37.1. The van der Waals surface area contributed by atoms with Crippen LogP contribution in [0, 0.1) is 0 Å². The summed E-state index contributed by atoms with van der Waals surface area (Å²) in [6.07, 6.45) is 11.1. The molecule has 2 aromatic heterocycles. The average molecular weight is 471 g/mol. The van der Waals surface area contributed by atoms with Crippen molar-refractivity contribution in [2.75, 3.05) is 26.2 Å². The lowest BCUT2D eigenvalue weighted by Gasteiger charge is -2.42. The van der Waals surface area contributed by atoms with Gasteiger partial charge in [-0.1, -0.05) is 42.5 Å². The fourth-order valence-corrected chi connectivity index (χ4v) is 5.08. The van der Waals surface area contributed by atoms with Crippen LogP contribution < -0.4 is 0 Å². The Hall–Kier alpha value is -3.71. The Morgan fingerprint density at radius 2 is 1.77 bits per heavy atom. The molecule has 0 unspecified atom stereocenters. The Kier molecular flexibility index (Phi) is 6.77.